The predicted molar refractivity (Wildman–Crippen MR) is 159 cm³/mol. The summed E-state index contributed by atoms with van der Waals surface area (Å²) in [5.74, 6) is -1.33. The van der Waals surface area contributed by atoms with Crippen molar-refractivity contribution < 1.29 is 35.1 Å². The van der Waals surface area contributed by atoms with Gasteiger partial charge < -0.3 is 30.3 Å². The zero-order chi connectivity index (χ0) is 29.8. The highest BCUT2D eigenvalue weighted by Crippen LogP contribution is 2.28. The molecule has 40 heavy (non-hydrogen) atoms. The molecule has 1 aliphatic rings. The molecule has 2 heterocycles. The first-order valence-electron chi connectivity index (χ1n) is 13.8. The maximum Gasteiger partial charge on any atom is 0.334 e. The van der Waals surface area contributed by atoms with Crippen molar-refractivity contribution in [1.29, 1.82) is 0 Å². The van der Waals surface area contributed by atoms with Crippen LogP contribution in [-0.4, -0.2) is 73.6 Å². The first-order valence-corrected chi connectivity index (χ1v) is 14.6. The van der Waals surface area contributed by atoms with Crippen LogP contribution >= 0.6 is 11.3 Å². The Hall–Kier alpha value is -2.40. The van der Waals surface area contributed by atoms with E-state index in [0.29, 0.717) is 17.1 Å². The Morgan fingerprint density at radius 2 is 1.93 bits per heavy atom. The number of carbonyl (C=O) groups excluding carboxylic acids is 1. The molecule has 1 aromatic rings. The average Bonchev–Trinajstić information content (AvgIpc) is 3.36. The smallest absolute Gasteiger partial charge is 0.334 e. The summed E-state index contributed by atoms with van der Waals surface area (Å²) in [6.45, 7) is 9.19. The Morgan fingerprint density at radius 3 is 2.60 bits per heavy atom. The molecule has 0 radical (unpaired) electrons. The van der Waals surface area contributed by atoms with Crippen LogP contribution in [0.4, 0.5) is 0 Å². The third-order valence-electron chi connectivity index (χ3n) is 6.93. The van der Waals surface area contributed by atoms with Crippen LogP contribution in [0.5, 0.6) is 0 Å². The molecule has 0 spiro atoms. The lowest BCUT2D eigenvalue weighted by Gasteiger charge is -2.31. The molecule has 2 bridgehead atoms. The minimum Gasteiger partial charge on any atom is -0.456 e. The van der Waals surface area contributed by atoms with Crippen molar-refractivity contribution in [2.24, 2.45) is 5.92 Å². The minimum absolute atomic E-state index is 0.0896. The molecule has 8 nitrogen and oxygen atoms in total. The number of ether oxygens (including phenoxy) is 1. The lowest BCUT2D eigenvalue weighted by Crippen LogP contribution is -2.44. The predicted octanol–water partition coefficient (Wildman–Crippen LogP) is 4.21. The minimum atomic E-state index is -1.33. The molecule has 2 rings (SSSR count). The number of nitrogens with zero attached hydrogens (tertiary/aromatic N) is 1. The number of aromatic nitrogens is 1. The summed E-state index contributed by atoms with van der Waals surface area (Å²) in [6.07, 6.45) is 7.76. The molecular formula is C31H45NO7S. The van der Waals surface area contributed by atoms with Crippen LogP contribution in [0.3, 0.4) is 0 Å². The summed E-state index contributed by atoms with van der Waals surface area (Å²) in [5, 5.41) is 54.8. The van der Waals surface area contributed by atoms with Gasteiger partial charge in [-0.25, -0.2) is 9.78 Å². The first kappa shape index (κ1) is 33.8. The lowest BCUT2D eigenvalue weighted by molar-refractivity contribution is -0.160. The van der Waals surface area contributed by atoms with E-state index in [-0.39, 0.29) is 37.4 Å². The highest BCUT2D eigenvalue weighted by molar-refractivity contribution is 7.09. The van der Waals surface area contributed by atoms with Crippen LogP contribution in [0.15, 0.2) is 58.6 Å². The highest BCUT2D eigenvalue weighted by Gasteiger charge is 2.34. The maximum atomic E-state index is 13.1. The maximum absolute atomic E-state index is 13.1. The highest BCUT2D eigenvalue weighted by atomic mass is 32.1. The van der Waals surface area contributed by atoms with Crippen LogP contribution in [0.2, 0.25) is 0 Å². The van der Waals surface area contributed by atoms with Gasteiger partial charge in [-0.2, -0.15) is 0 Å². The summed E-state index contributed by atoms with van der Waals surface area (Å²) < 4.78 is 5.81. The monoisotopic (exact) mass is 575 g/mol. The summed E-state index contributed by atoms with van der Waals surface area (Å²) in [7, 11) is 0. The number of aliphatic hydroxyl groups is 5. The molecule has 1 aliphatic heterocycles. The lowest BCUT2D eigenvalue weighted by atomic mass is 9.89. The Balaban J connectivity index is 2.40. The molecule has 0 saturated heterocycles. The number of allylic oxidation sites excluding steroid dienone is 6. The van der Waals surface area contributed by atoms with Gasteiger partial charge in [0.1, 0.15) is 12.2 Å². The van der Waals surface area contributed by atoms with Crippen molar-refractivity contribution in [3.05, 3.63) is 69.3 Å². The van der Waals surface area contributed by atoms with E-state index in [4.69, 9.17) is 4.74 Å². The molecule has 5 N–H and O–H groups in total. The largest absolute Gasteiger partial charge is 0.456 e. The van der Waals surface area contributed by atoms with Crippen LogP contribution in [-0.2, 0) is 9.53 Å². The molecular weight excluding hydrogens is 530 g/mol. The van der Waals surface area contributed by atoms with Crippen molar-refractivity contribution >= 4 is 23.4 Å². The molecule has 222 valence electrons. The molecule has 0 saturated carbocycles. The van der Waals surface area contributed by atoms with E-state index < -0.39 is 42.4 Å². The van der Waals surface area contributed by atoms with Gasteiger partial charge in [0.05, 0.1) is 35.6 Å². The first-order chi connectivity index (χ1) is 18.9. The van der Waals surface area contributed by atoms with Crippen molar-refractivity contribution in [1.82, 2.24) is 4.98 Å². The van der Waals surface area contributed by atoms with E-state index in [0.717, 1.165) is 11.1 Å². The second-order valence-electron chi connectivity index (χ2n) is 10.7. The van der Waals surface area contributed by atoms with E-state index in [1.54, 1.807) is 36.6 Å². The van der Waals surface area contributed by atoms with Gasteiger partial charge in [0.2, 0.25) is 0 Å². The molecule has 7 unspecified atom stereocenters. The molecule has 0 aromatic carbocycles. The zero-order valence-corrected chi connectivity index (χ0v) is 24.9. The average molecular weight is 576 g/mol. The van der Waals surface area contributed by atoms with Crippen molar-refractivity contribution in [2.45, 2.75) is 96.7 Å². The van der Waals surface area contributed by atoms with Crippen molar-refractivity contribution in [2.75, 3.05) is 6.61 Å². The normalized spacial score (nSPS) is 29.1. The molecule has 9 heteroatoms. The summed E-state index contributed by atoms with van der Waals surface area (Å²) >= 11 is 1.31. The third-order valence-corrected chi connectivity index (χ3v) is 7.96. The third kappa shape index (κ3) is 10.9. The van der Waals surface area contributed by atoms with E-state index in [2.05, 4.69) is 4.98 Å². The number of esters is 1. The Bertz CT molecular complexity index is 1100. The summed E-state index contributed by atoms with van der Waals surface area (Å²) in [4.78, 5) is 17.7. The van der Waals surface area contributed by atoms with Gasteiger partial charge >= 0.3 is 5.97 Å². The topological polar surface area (TPSA) is 140 Å². The number of fused-ring (bicyclic) bond motifs is 2. The summed E-state index contributed by atoms with van der Waals surface area (Å²) in [6, 6.07) is 0. The van der Waals surface area contributed by atoms with Crippen LogP contribution in [0, 0.1) is 5.92 Å². The van der Waals surface area contributed by atoms with Gasteiger partial charge in [-0.05, 0) is 59.0 Å². The number of thiazole rings is 1. The fraction of sp³-hybridized carbons (Fsp3) is 0.548. The molecule has 0 fully saturated rings. The number of hydrogen-bond acceptors (Lipinski definition) is 9. The number of hydrogen-bond donors (Lipinski definition) is 5. The molecule has 0 aliphatic carbocycles. The van der Waals surface area contributed by atoms with Gasteiger partial charge in [0, 0.05) is 23.3 Å². The Kier molecular flexibility index (Phi) is 14.2. The van der Waals surface area contributed by atoms with Crippen LogP contribution < -0.4 is 0 Å². The van der Waals surface area contributed by atoms with E-state index in [1.807, 2.05) is 39.8 Å². The molecule has 0 amide bonds. The van der Waals surface area contributed by atoms with E-state index in [9.17, 15) is 30.3 Å². The Morgan fingerprint density at radius 1 is 1.20 bits per heavy atom. The van der Waals surface area contributed by atoms with E-state index in [1.165, 1.54) is 17.4 Å². The molecule has 1 aromatic heterocycles. The standard InChI is InChI=1S/C31H45NO7S/c1-6-19(2)12-20(3)13-21(4)29-28(37)27(36)11-9-7-8-10-25(34)16-26(35)15-23(17-33)30-32-24(18-40-30)14-22(5)31(38)39-29/h6-10,12,14,18,21,23,25-29,33-37H,11,13,15-17H2,1-5H3. The number of carbonyl (C=O) groups is 1. The number of cyclic esters (lactones) is 1. The Labute approximate surface area is 241 Å². The summed E-state index contributed by atoms with van der Waals surface area (Å²) in [5.41, 5.74) is 2.94. The second-order valence-corrected chi connectivity index (χ2v) is 11.6. The van der Waals surface area contributed by atoms with Gasteiger partial charge in [-0.3, -0.25) is 0 Å². The number of aliphatic hydroxyl groups excluding tert-OH is 5. The van der Waals surface area contributed by atoms with Gasteiger partial charge in [-0.15, -0.1) is 11.3 Å². The second kappa shape index (κ2) is 16.8. The van der Waals surface area contributed by atoms with Gasteiger partial charge in [0.15, 0.2) is 0 Å². The molecule has 7 atom stereocenters. The van der Waals surface area contributed by atoms with E-state index >= 15 is 0 Å². The van der Waals surface area contributed by atoms with Gasteiger partial charge in [-0.1, -0.05) is 54.5 Å². The fourth-order valence-corrected chi connectivity index (χ4v) is 5.50. The van der Waals surface area contributed by atoms with Crippen molar-refractivity contribution in [3.63, 3.8) is 0 Å². The van der Waals surface area contributed by atoms with Gasteiger partial charge in [0.25, 0.3) is 0 Å². The van der Waals surface area contributed by atoms with Crippen molar-refractivity contribution in [3.8, 4) is 0 Å². The zero-order valence-electron chi connectivity index (χ0n) is 24.1. The van der Waals surface area contributed by atoms with Crippen LogP contribution in [0.25, 0.3) is 6.08 Å². The quantitative estimate of drug-likeness (QED) is 0.260. The SMILES string of the molecule is CC=C(C)C=C(C)CC(C)C1OC(=O)C(C)=Cc2csc(n2)C(CO)CC(O)CC(O)C=CC=CCC(O)C1O. The number of rotatable bonds is 5. The van der Waals surface area contributed by atoms with Crippen LogP contribution in [0.1, 0.15) is 76.9 Å². The fourth-order valence-electron chi connectivity index (χ4n) is 4.61.